The van der Waals surface area contributed by atoms with Crippen molar-refractivity contribution < 1.29 is 9.90 Å². The van der Waals surface area contributed by atoms with Gasteiger partial charge in [0.15, 0.2) is 0 Å². The first-order valence-corrected chi connectivity index (χ1v) is 4.42. The van der Waals surface area contributed by atoms with Crippen molar-refractivity contribution in [2.45, 2.75) is 40.0 Å². The van der Waals surface area contributed by atoms with E-state index in [-0.39, 0.29) is 5.92 Å². The lowest BCUT2D eigenvalue weighted by molar-refractivity contribution is -0.141. The van der Waals surface area contributed by atoms with Crippen LogP contribution in [0.3, 0.4) is 0 Å². The van der Waals surface area contributed by atoms with E-state index in [1.165, 1.54) is 5.57 Å². The van der Waals surface area contributed by atoms with E-state index < -0.39 is 5.97 Å². The van der Waals surface area contributed by atoms with Crippen molar-refractivity contribution in [1.82, 2.24) is 0 Å². The van der Waals surface area contributed by atoms with Gasteiger partial charge in [0.05, 0.1) is 5.92 Å². The third-order valence-corrected chi connectivity index (χ3v) is 2.12. The summed E-state index contributed by atoms with van der Waals surface area (Å²) in [5.74, 6) is -0.886. The van der Waals surface area contributed by atoms with E-state index in [4.69, 9.17) is 5.11 Å². The zero-order valence-electron chi connectivity index (χ0n) is 8.13. The van der Waals surface area contributed by atoms with Gasteiger partial charge in [-0.15, -0.1) is 0 Å². The third-order valence-electron chi connectivity index (χ3n) is 2.12. The second-order valence-electron chi connectivity index (χ2n) is 3.27. The zero-order chi connectivity index (χ0) is 9.56. The van der Waals surface area contributed by atoms with Crippen LogP contribution in [0.25, 0.3) is 0 Å². The average Bonchev–Trinajstić information content (AvgIpc) is 2.03. The van der Waals surface area contributed by atoms with Crippen LogP contribution in [-0.4, -0.2) is 11.1 Å². The molecule has 0 aliphatic rings. The molecule has 0 radical (unpaired) electrons. The molecule has 0 amide bonds. The summed E-state index contributed by atoms with van der Waals surface area (Å²) < 4.78 is 0. The summed E-state index contributed by atoms with van der Waals surface area (Å²) in [5.41, 5.74) is 1.34. The Balaban J connectivity index is 3.50. The van der Waals surface area contributed by atoms with Gasteiger partial charge in [0.2, 0.25) is 0 Å². The number of hydrogen-bond donors (Lipinski definition) is 1. The van der Waals surface area contributed by atoms with Gasteiger partial charge in [-0.1, -0.05) is 18.6 Å². The molecule has 12 heavy (non-hydrogen) atoms. The second kappa shape index (κ2) is 5.81. The minimum atomic E-state index is -0.687. The Hall–Kier alpha value is -0.790. The Morgan fingerprint density at radius 1 is 1.58 bits per heavy atom. The van der Waals surface area contributed by atoms with Gasteiger partial charge in [-0.25, -0.2) is 0 Å². The molecule has 0 rings (SSSR count). The van der Waals surface area contributed by atoms with E-state index in [1.807, 2.05) is 6.92 Å². The molecular formula is C10H18O2. The van der Waals surface area contributed by atoms with Crippen molar-refractivity contribution >= 4 is 5.97 Å². The highest BCUT2D eigenvalue weighted by molar-refractivity contribution is 5.69. The standard InChI is InChI=1S/C10H18O2/c1-4-8(2)6-5-7-9(3)10(11)12/h4,9H,5-7H2,1-3H3,(H,11,12)/b8-4+. The monoisotopic (exact) mass is 170 g/mol. The number of allylic oxidation sites excluding steroid dienone is 2. The fraction of sp³-hybridized carbons (Fsp3) is 0.700. The van der Waals surface area contributed by atoms with Crippen molar-refractivity contribution in [3.63, 3.8) is 0 Å². The first kappa shape index (κ1) is 11.2. The smallest absolute Gasteiger partial charge is 0.306 e. The molecule has 2 nitrogen and oxygen atoms in total. The normalized spacial score (nSPS) is 14.4. The lowest BCUT2D eigenvalue weighted by Gasteiger charge is -2.05. The minimum absolute atomic E-state index is 0.199. The van der Waals surface area contributed by atoms with Crippen LogP contribution in [0, 0.1) is 5.92 Å². The molecule has 0 aliphatic carbocycles. The van der Waals surface area contributed by atoms with Crippen LogP contribution in [0.5, 0.6) is 0 Å². The Bertz CT molecular complexity index is 171. The lowest BCUT2D eigenvalue weighted by atomic mass is 10.0. The van der Waals surface area contributed by atoms with Crippen molar-refractivity contribution in [1.29, 1.82) is 0 Å². The predicted octanol–water partition coefficient (Wildman–Crippen LogP) is 2.84. The van der Waals surface area contributed by atoms with Crippen molar-refractivity contribution in [2.24, 2.45) is 5.92 Å². The molecule has 0 aliphatic heterocycles. The highest BCUT2D eigenvalue weighted by Gasteiger charge is 2.09. The van der Waals surface area contributed by atoms with Gasteiger partial charge in [-0.2, -0.15) is 0 Å². The van der Waals surface area contributed by atoms with Crippen LogP contribution >= 0.6 is 0 Å². The molecule has 0 aromatic carbocycles. The summed E-state index contributed by atoms with van der Waals surface area (Å²) in [7, 11) is 0. The van der Waals surface area contributed by atoms with Gasteiger partial charge in [0.25, 0.3) is 0 Å². The molecule has 0 bridgehead atoms. The van der Waals surface area contributed by atoms with Crippen LogP contribution in [0.4, 0.5) is 0 Å². The topological polar surface area (TPSA) is 37.3 Å². The number of aliphatic carboxylic acids is 1. The number of carbonyl (C=O) groups is 1. The highest BCUT2D eigenvalue weighted by atomic mass is 16.4. The molecule has 0 aromatic rings. The van der Waals surface area contributed by atoms with E-state index in [0.29, 0.717) is 0 Å². The van der Waals surface area contributed by atoms with Gasteiger partial charge >= 0.3 is 5.97 Å². The Morgan fingerprint density at radius 2 is 2.17 bits per heavy atom. The number of carboxylic acids is 1. The quantitative estimate of drug-likeness (QED) is 0.644. The molecule has 1 unspecified atom stereocenters. The molecule has 1 N–H and O–H groups in total. The first-order chi connectivity index (χ1) is 5.57. The summed E-state index contributed by atoms with van der Waals surface area (Å²) >= 11 is 0. The van der Waals surface area contributed by atoms with Crippen molar-refractivity contribution in [2.75, 3.05) is 0 Å². The SMILES string of the molecule is C/C=C(\C)CCCC(C)C(=O)O. The third kappa shape index (κ3) is 4.94. The van der Waals surface area contributed by atoms with E-state index in [9.17, 15) is 4.79 Å². The summed E-state index contributed by atoms with van der Waals surface area (Å²) in [6.45, 7) is 5.84. The summed E-state index contributed by atoms with van der Waals surface area (Å²) in [4.78, 5) is 10.4. The molecule has 0 saturated heterocycles. The maximum Gasteiger partial charge on any atom is 0.306 e. The maximum atomic E-state index is 10.4. The summed E-state index contributed by atoms with van der Waals surface area (Å²) in [5, 5.41) is 8.59. The fourth-order valence-electron chi connectivity index (χ4n) is 0.955. The van der Waals surface area contributed by atoms with Crippen LogP contribution in [0.1, 0.15) is 40.0 Å². The van der Waals surface area contributed by atoms with E-state index in [1.54, 1.807) is 6.92 Å². The van der Waals surface area contributed by atoms with Crippen LogP contribution < -0.4 is 0 Å². The molecule has 0 heterocycles. The minimum Gasteiger partial charge on any atom is -0.481 e. The zero-order valence-corrected chi connectivity index (χ0v) is 8.13. The van der Waals surface area contributed by atoms with Crippen molar-refractivity contribution in [3.05, 3.63) is 11.6 Å². The lowest BCUT2D eigenvalue weighted by Crippen LogP contribution is -2.08. The molecular weight excluding hydrogens is 152 g/mol. The van der Waals surface area contributed by atoms with Gasteiger partial charge in [0, 0.05) is 0 Å². The van der Waals surface area contributed by atoms with Crippen molar-refractivity contribution in [3.8, 4) is 0 Å². The van der Waals surface area contributed by atoms with Gasteiger partial charge in [-0.3, -0.25) is 4.79 Å². The van der Waals surface area contributed by atoms with E-state index >= 15 is 0 Å². The van der Waals surface area contributed by atoms with Crippen LogP contribution in [0.2, 0.25) is 0 Å². The Kier molecular flexibility index (Phi) is 5.43. The Labute approximate surface area is 74.3 Å². The number of hydrogen-bond acceptors (Lipinski definition) is 1. The summed E-state index contributed by atoms with van der Waals surface area (Å²) in [6, 6.07) is 0. The van der Waals surface area contributed by atoms with Gasteiger partial charge in [0.1, 0.15) is 0 Å². The highest BCUT2D eigenvalue weighted by Crippen LogP contribution is 2.11. The second-order valence-corrected chi connectivity index (χ2v) is 3.27. The molecule has 0 fully saturated rings. The molecule has 70 valence electrons. The fourth-order valence-corrected chi connectivity index (χ4v) is 0.955. The molecule has 0 spiro atoms. The first-order valence-electron chi connectivity index (χ1n) is 4.42. The predicted molar refractivity (Wildman–Crippen MR) is 50.1 cm³/mol. The largest absolute Gasteiger partial charge is 0.481 e. The van der Waals surface area contributed by atoms with Gasteiger partial charge in [-0.05, 0) is 33.1 Å². The van der Waals surface area contributed by atoms with E-state index in [0.717, 1.165) is 19.3 Å². The van der Waals surface area contributed by atoms with Gasteiger partial charge < -0.3 is 5.11 Å². The number of rotatable bonds is 5. The summed E-state index contributed by atoms with van der Waals surface area (Å²) in [6.07, 6.45) is 4.85. The average molecular weight is 170 g/mol. The van der Waals surface area contributed by atoms with Crippen LogP contribution in [-0.2, 0) is 4.79 Å². The van der Waals surface area contributed by atoms with E-state index in [2.05, 4.69) is 13.0 Å². The van der Waals surface area contributed by atoms with Crippen LogP contribution in [0.15, 0.2) is 11.6 Å². The molecule has 0 aromatic heterocycles. The Morgan fingerprint density at radius 3 is 2.58 bits per heavy atom. The maximum absolute atomic E-state index is 10.4. The molecule has 2 heteroatoms. The molecule has 0 saturated carbocycles. The molecule has 1 atom stereocenters. The number of carboxylic acid groups (broad SMARTS) is 1.